The zero-order chi connectivity index (χ0) is 23.8. The highest BCUT2D eigenvalue weighted by Gasteiger charge is 2.35. The Kier molecular flexibility index (Phi) is 6.46. The van der Waals surface area contributed by atoms with Crippen molar-refractivity contribution in [2.75, 3.05) is 19.6 Å². The minimum Gasteiger partial charge on any atom is -0.334 e. The van der Waals surface area contributed by atoms with Crippen LogP contribution < -0.4 is 0 Å². The molecule has 9 heteroatoms. The van der Waals surface area contributed by atoms with Crippen molar-refractivity contribution in [3.8, 4) is 0 Å². The minimum atomic E-state index is -0.304. The largest absolute Gasteiger partial charge is 0.334 e. The molecule has 2 aromatic heterocycles. The molecule has 6 nitrogen and oxygen atoms in total. The summed E-state index contributed by atoms with van der Waals surface area (Å²) >= 11 is 13.0. The molecule has 34 heavy (non-hydrogen) atoms. The van der Waals surface area contributed by atoms with E-state index in [1.807, 2.05) is 59.6 Å². The van der Waals surface area contributed by atoms with E-state index in [0.29, 0.717) is 35.8 Å². The van der Waals surface area contributed by atoms with Crippen LogP contribution in [0.3, 0.4) is 0 Å². The molecule has 1 aliphatic rings. The molecule has 2 aromatic carbocycles. The number of benzene rings is 2. The van der Waals surface area contributed by atoms with Crippen LogP contribution >= 0.6 is 43.5 Å². The van der Waals surface area contributed by atoms with Gasteiger partial charge in [-0.1, -0.05) is 39.7 Å². The second-order valence-corrected chi connectivity index (χ2v) is 10.3. The van der Waals surface area contributed by atoms with Crippen LogP contribution in [0, 0.1) is 0 Å². The van der Waals surface area contributed by atoms with Gasteiger partial charge in [-0.05, 0) is 70.0 Å². The fourth-order valence-corrected chi connectivity index (χ4v) is 4.95. The molecule has 0 saturated carbocycles. The molecule has 0 N–H and O–H groups in total. The Morgan fingerprint density at radius 1 is 0.882 bits per heavy atom. The highest BCUT2D eigenvalue weighted by atomic mass is 79.9. The van der Waals surface area contributed by atoms with E-state index >= 15 is 0 Å². The van der Waals surface area contributed by atoms with Gasteiger partial charge in [0.05, 0.1) is 23.3 Å². The number of hydrogen-bond donors (Lipinski definition) is 0. The summed E-state index contributed by atoms with van der Waals surface area (Å²) < 4.78 is 3.47. The van der Waals surface area contributed by atoms with Gasteiger partial charge in [0.1, 0.15) is 0 Å². The van der Waals surface area contributed by atoms with Crippen molar-refractivity contribution in [2.24, 2.45) is 0 Å². The Morgan fingerprint density at radius 3 is 2.32 bits per heavy atom. The number of nitrogens with zero attached hydrogens (tertiary/aromatic N) is 4. The molecular formula is C25H19Br2ClN4O2. The molecule has 0 unspecified atom stereocenters. The monoisotopic (exact) mass is 600 g/mol. The van der Waals surface area contributed by atoms with E-state index in [2.05, 4.69) is 37.0 Å². The average molecular weight is 603 g/mol. The first-order valence-corrected chi connectivity index (χ1v) is 12.6. The fraction of sp³-hybridized carbons (Fsp3) is 0.160. The Labute approximate surface area is 218 Å². The molecule has 1 saturated heterocycles. The number of rotatable bonds is 3. The molecule has 1 atom stereocenters. The Morgan fingerprint density at radius 2 is 1.59 bits per heavy atom. The topological polar surface area (TPSA) is 57.9 Å². The molecule has 172 valence electrons. The summed E-state index contributed by atoms with van der Waals surface area (Å²) in [6.45, 7) is 1.22. The van der Waals surface area contributed by atoms with E-state index in [-0.39, 0.29) is 17.9 Å². The number of hydrogen-bond acceptors (Lipinski definition) is 3. The Bertz CT molecular complexity index is 1370. The standard InChI is InChI=1S/C25H19Br2ClN4O2/c26-18-5-1-17(2-6-18)24(33)31-12-11-30(15-23(31)16-3-8-20(28)9-4-16)25(34)21-13-29-32-14-19(27)7-10-22(21)32/h1-10,13-14,23H,11-12,15H2/t23-/m0/s1. The van der Waals surface area contributed by atoms with Crippen molar-refractivity contribution in [2.45, 2.75) is 6.04 Å². The predicted molar refractivity (Wildman–Crippen MR) is 138 cm³/mol. The molecule has 1 aliphatic heterocycles. The molecule has 0 radical (unpaired) electrons. The number of fused-ring (bicyclic) bond motifs is 1. The smallest absolute Gasteiger partial charge is 0.257 e. The lowest BCUT2D eigenvalue weighted by molar-refractivity contribution is 0.0384. The van der Waals surface area contributed by atoms with Crippen molar-refractivity contribution in [3.63, 3.8) is 0 Å². The summed E-state index contributed by atoms with van der Waals surface area (Å²) in [5.74, 6) is -0.174. The number of pyridine rings is 1. The summed E-state index contributed by atoms with van der Waals surface area (Å²) in [7, 11) is 0. The lowest BCUT2D eigenvalue weighted by Crippen LogP contribution is -2.52. The quantitative estimate of drug-likeness (QED) is 0.296. The summed E-state index contributed by atoms with van der Waals surface area (Å²) in [4.78, 5) is 30.6. The Hall–Kier alpha value is -2.68. The van der Waals surface area contributed by atoms with Crippen molar-refractivity contribution < 1.29 is 9.59 Å². The highest BCUT2D eigenvalue weighted by Crippen LogP contribution is 2.30. The average Bonchev–Trinajstić information content (AvgIpc) is 3.27. The first kappa shape index (κ1) is 23.1. The summed E-state index contributed by atoms with van der Waals surface area (Å²) in [5, 5.41) is 4.95. The van der Waals surface area contributed by atoms with E-state index in [9.17, 15) is 9.59 Å². The van der Waals surface area contributed by atoms with Gasteiger partial charge in [-0.2, -0.15) is 5.10 Å². The molecule has 0 aliphatic carbocycles. The zero-order valence-electron chi connectivity index (χ0n) is 17.9. The van der Waals surface area contributed by atoms with E-state index < -0.39 is 0 Å². The second-order valence-electron chi connectivity index (χ2n) is 8.06. The maximum atomic E-state index is 13.5. The van der Waals surface area contributed by atoms with Gasteiger partial charge in [0.25, 0.3) is 11.8 Å². The lowest BCUT2D eigenvalue weighted by Gasteiger charge is -2.41. The van der Waals surface area contributed by atoms with Crippen LogP contribution in [-0.4, -0.2) is 50.9 Å². The second kappa shape index (κ2) is 9.52. The molecule has 0 bridgehead atoms. The van der Waals surface area contributed by atoms with E-state index in [1.165, 1.54) is 0 Å². The maximum Gasteiger partial charge on any atom is 0.257 e. The Balaban J connectivity index is 1.46. The fourth-order valence-electron chi connectivity index (χ4n) is 4.23. The van der Waals surface area contributed by atoms with E-state index in [1.54, 1.807) is 27.7 Å². The van der Waals surface area contributed by atoms with Crippen LogP contribution in [0.15, 0.2) is 82.0 Å². The third kappa shape index (κ3) is 4.50. The zero-order valence-corrected chi connectivity index (χ0v) is 21.8. The minimum absolute atomic E-state index is 0.0691. The number of carbonyl (C=O) groups is 2. The summed E-state index contributed by atoms with van der Waals surface area (Å²) in [6, 6.07) is 18.2. The molecule has 3 heterocycles. The van der Waals surface area contributed by atoms with Gasteiger partial charge in [-0.3, -0.25) is 9.59 Å². The third-order valence-corrected chi connectivity index (χ3v) is 7.23. The molecule has 5 rings (SSSR count). The maximum absolute atomic E-state index is 13.5. The first-order valence-electron chi connectivity index (χ1n) is 10.6. The predicted octanol–water partition coefficient (Wildman–Crippen LogP) is 5.85. The normalized spacial score (nSPS) is 16.1. The van der Waals surface area contributed by atoms with Gasteiger partial charge in [-0.15, -0.1) is 0 Å². The van der Waals surface area contributed by atoms with Crippen LogP contribution in [-0.2, 0) is 0 Å². The van der Waals surface area contributed by atoms with Crippen LogP contribution in [0.25, 0.3) is 5.52 Å². The van der Waals surface area contributed by atoms with E-state index in [0.717, 1.165) is 20.0 Å². The number of piperazine rings is 1. The molecular weight excluding hydrogens is 584 g/mol. The van der Waals surface area contributed by atoms with Crippen molar-refractivity contribution in [3.05, 3.63) is 104 Å². The van der Waals surface area contributed by atoms with Gasteiger partial charge < -0.3 is 9.80 Å². The van der Waals surface area contributed by atoms with Crippen LogP contribution in [0.5, 0.6) is 0 Å². The van der Waals surface area contributed by atoms with Gasteiger partial charge in [0.15, 0.2) is 0 Å². The third-order valence-electron chi connectivity index (χ3n) is 5.98. The van der Waals surface area contributed by atoms with Gasteiger partial charge in [0.2, 0.25) is 0 Å². The molecule has 4 aromatic rings. The number of halogens is 3. The van der Waals surface area contributed by atoms with Crippen molar-refractivity contribution in [1.29, 1.82) is 0 Å². The molecule has 0 spiro atoms. The van der Waals surface area contributed by atoms with Gasteiger partial charge in [0, 0.05) is 45.4 Å². The SMILES string of the molecule is O=C(c1cnn2cc(Br)ccc12)N1CCN(C(=O)c2ccc(Br)cc2)[C@H](c2ccc(Cl)cc2)C1. The van der Waals surface area contributed by atoms with Crippen molar-refractivity contribution in [1.82, 2.24) is 19.4 Å². The first-order chi connectivity index (χ1) is 16.4. The van der Waals surface area contributed by atoms with Crippen LogP contribution in [0.2, 0.25) is 5.02 Å². The summed E-state index contributed by atoms with van der Waals surface area (Å²) in [5.41, 5.74) is 2.81. The number of aromatic nitrogens is 2. The number of carbonyl (C=O) groups excluding carboxylic acids is 2. The van der Waals surface area contributed by atoms with Crippen LogP contribution in [0.4, 0.5) is 0 Å². The molecule has 1 fully saturated rings. The van der Waals surface area contributed by atoms with E-state index in [4.69, 9.17) is 11.6 Å². The van der Waals surface area contributed by atoms with Crippen LogP contribution in [0.1, 0.15) is 32.3 Å². The molecule has 2 amide bonds. The van der Waals surface area contributed by atoms with Gasteiger partial charge in [-0.25, -0.2) is 4.52 Å². The lowest BCUT2D eigenvalue weighted by atomic mass is 10.0. The highest BCUT2D eigenvalue weighted by molar-refractivity contribution is 9.10. The summed E-state index contributed by atoms with van der Waals surface area (Å²) in [6.07, 6.45) is 3.41. The number of amides is 2. The van der Waals surface area contributed by atoms with Gasteiger partial charge >= 0.3 is 0 Å². The van der Waals surface area contributed by atoms with Crippen molar-refractivity contribution >= 4 is 60.8 Å².